The molecular formula is C15H23NO5. The molecule has 2 N–H and O–H groups in total. The van der Waals surface area contributed by atoms with Crippen molar-refractivity contribution in [1.82, 2.24) is 4.98 Å². The summed E-state index contributed by atoms with van der Waals surface area (Å²) >= 11 is 0. The minimum absolute atomic E-state index is 0.00821. The van der Waals surface area contributed by atoms with Crippen molar-refractivity contribution in [2.24, 2.45) is 11.8 Å². The van der Waals surface area contributed by atoms with Crippen molar-refractivity contribution in [2.45, 2.75) is 33.6 Å². The number of carbonyl (C=O) groups is 1. The molecule has 0 radical (unpaired) electrons. The van der Waals surface area contributed by atoms with E-state index in [1.165, 1.54) is 14.2 Å². The highest BCUT2D eigenvalue weighted by Crippen LogP contribution is 2.36. The molecule has 0 aliphatic heterocycles. The number of hydrogen-bond acceptors (Lipinski definition) is 5. The molecule has 0 saturated carbocycles. The zero-order chi connectivity index (χ0) is 16.2. The van der Waals surface area contributed by atoms with Gasteiger partial charge in [0, 0.05) is 5.92 Å². The summed E-state index contributed by atoms with van der Waals surface area (Å²) in [6, 6.07) is 0. The van der Waals surface area contributed by atoms with Gasteiger partial charge in [0.2, 0.25) is 11.6 Å². The Morgan fingerprint density at radius 2 is 1.90 bits per heavy atom. The lowest BCUT2D eigenvalue weighted by Crippen LogP contribution is -2.24. The van der Waals surface area contributed by atoms with E-state index in [1.807, 2.05) is 13.8 Å². The van der Waals surface area contributed by atoms with E-state index >= 15 is 0 Å². The largest absolute Gasteiger partial charge is 0.503 e. The van der Waals surface area contributed by atoms with Crippen molar-refractivity contribution in [3.05, 3.63) is 15.9 Å². The average molecular weight is 297 g/mol. The molecule has 0 amide bonds. The van der Waals surface area contributed by atoms with Gasteiger partial charge >= 0.3 is 0 Å². The summed E-state index contributed by atoms with van der Waals surface area (Å²) in [6.07, 6.45) is 1.61. The normalized spacial score (nSPS) is 13.6. The van der Waals surface area contributed by atoms with Crippen LogP contribution in [0.4, 0.5) is 0 Å². The standard InChI is InChI=1S/C15H23NO5/c1-6-8(2)7-9(3)11(17)10-12(18)13(20-4)15(21-5)16-14(10)19/h8-9H,6-7H2,1-5H3,(H2,16,18,19)/t8-,9+/m0/s1. The zero-order valence-corrected chi connectivity index (χ0v) is 13.1. The Hall–Kier alpha value is -1.98. The number of ether oxygens (including phenoxy) is 2. The Morgan fingerprint density at radius 1 is 1.29 bits per heavy atom. The molecule has 0 saturated heterocycles. The molecule has 1 aromatic rings. The van der Waals surface area contributed by atoms with Gasteiger partial charge in [-0.1, -0.05) is 27.2 Å². The number of nitrogens with one attached hydrogen (secondary N) is 1. The SMILES string of the molecule is CC[C@H](C)C[C@@H](C)C(=O)c1c(O)c(OC)c(OC)[nH]c1=O. The van der Waals surface area contributed by atoms with Crippen LogP contribution in [0.3, 0.4) is 0 Å². The molecule has 6 nitrogen and oxygen atoms in total. The Morgan fingerprint density at radius 3 is 2.38 bits per heavy atom. The van der Waals surface area contributed by atoms with Crippen LogP contribution in [0.5, 0.6) is 17.4 Å². The molecule has 0 fully saturated rings. The molecule has 1 aromatic heterocycles. The van der Waals surface area contributed by atoms with Crippen LogP contribution < -0.4 is 15.0 Å². The van der Waals surface area contributed by atoms with E-state index in [4.69, 9.17) is 9.47 Å². The first kappa shape index (κ1) is 17.1. The number of Topliss-reactive ketones (excluding diaryl/α,β-unsaturated/α-hetero) is 1. The Bertz CT molecular complexity index is 564. The number of carbonyl (C=O) groups excluding carboxylic acids is 1. The molecular weight excluding hydrogens is 274 g/mol. The molecule has 0 aliphatic carbocycles. The van der Waals surface area contributed by atoms with Crippen molar-refractivity contribution in [2.75, 3.05) is 14.2 Å². The highest BCUT2D eigenvalue weighted by atomic mass is 16.5. The van der Waals surface area contributed by atoms with E-state index < -0.39 is 17.1 Å². The Labute approximate surface area is 124 Å². The monoisotopic (exact) mass is 297 g/mol. The molecule has 0 bridgehead atoms. The fraction of sp³-hybridized carbons (Fsp3) is 0.600. The fourth-order valence-electron chi connectivity index (χ4n) is 2.24. The van der Waals surface area contributed by atoms with E-state index in [2.05, 4.69) is 4.98 Å². The zero-order valence-electron chi connectivity index (χ0n) is 13.1. The van der Waals surface area contributed by atoms with Gasteiger partial charge in [0.15, 0.2) is 11.5 Å². The van der Waals surface area contributed by atoms with Gasteiger partial charge in [0.05, 0.1) is 14.2 Å². The Kier molecular flexibility index (Phi) is 5.81. The Balaban J connectivity index is 3.24. The van der Waals surface area contributed by atoms with Crippen LogP contribution in [0.2, 0.25) is 0 Å². The van der Waals surface area contributed by atoms with Gasteiger partial charge < -0.3 is 14.6 Å². The summed E-state index contributed by atoms with van der Waals surface area (Å²) in [4.78, 5) is 26.9. The number of aromatic nitrogens is 1. The number of aromatic hydroxyl groups is 1. The van der Waals surface area contributed by atoms with E-state index in [1.54, 1.807) is 6.92 Å². The highest BCUT2D eigenvalue weighted by molar-refractivity contribution is 6.00. The summed E-state index contributed by atoms with van der Waals surface area (Å²) in [7, 11) is 2.66. The summed E-state index contributed by atoms with van der Waals surface area (Å²) in [5.74, 6) is -0.910. The third kappa shape index (κ3) is 3.56. The number of H-pyrrole nitrogens is 1. The maximum Gasteiger partial charge on any atom is 0.265 e. The summed E-state index contributed by atoms with van der Waals surface area (Å²) in [5.41, 5.74) is -0.949. The molecule has 1 rings (SSSR count). The van der Waals surface area contributed by atoms with E-state index in [-0.39, 0.29) is 23.1 Å². The summed E-state index contributed by atoms with van der Waals surface area (Å²) in [6.45, 7) is 5.84. The lowest BCUT2D eigenvalue weighted by molar-refractivity contribution is 0.0907. The number of hydrogen-bond donors (Lipinski definition) is 2. The molecule has 118 valence electrons. The predicted octanol–water partition coefficient (Wildman–Crippen LogP) is 2.35. The van der Waals surface area contributed by atoms with Crippen molar-refractivity contribution in [3.8, 4) is 17.4 Å². The maximum absolute atomic E-state index is 12.4. The fourth-order valence-corrected chi connectivity index (χ4v) is 2.24. The minimum atomic E-state index is -0.675. The maximum atomic E-state index is 12.4. The molecule has 0 aliphatic rings. The summed E-state index contributed by atoms with van der Waals surface area (Å²) < 4.78 is 9.92. The van der Waals surface area contributed by atoms with Crippen LogP contribution in [-0.4, -0.2) is 30.1 Å². The first-order chi connectivity index (χ1) is 9.87. The minimum Gasteiger partial charge on any atom is -0.503 e. The van der Waals surface area contributed by atoms with E-state index in [0.29, 0.717) is 12.3 Å². The second kappa shape index (κ2) is 7.15. The second-order valence-corrected chi connectivity index (χ2v) is 5.26. The number of aromatic amines is 1. The first-order valence-electron chi connectivity index (χ1n) is 6.98. The van der Waals surface area contributed by atoms with Crippen LogP contribution in [0.25, 0.3) is 0 Å². The lowest BCUT2D eigenvalue weighted by atomic mass is 9.89. The number of rotatable bonds is 7. The highest BCUT2D eigenvalue weighted by Gasteiger charge is 2.27. The van der Waals surface area contributed by atoms with E-state index in [0.717, 1.165) is 6.42 Å². The lowest BCUT2D eigenvalue weighted by Gasteiger charge is -2.16. The quantitative estimate of drug-likeness (QED) is 0.754. The number of ketones is 1. The van der Waals surface area contributed by atoms with Crippen LogP contribution in [-0.2, 0) is 0 Å². The molecule has 1 heterocycles. The molecule has 0 unspecified atom stereocenters. The van der Waals surface area contributed by atoms with Gasteiger partial charge in [-0.2, -0.15) is 0 Å². The molecule has 2 atom stereocenters. The number of methoxy groups -OCH3 is 2. The van der Waals surface area contributed by atoms with Crippen molar-refractivity contribution >= 4 is 5.78 Å². The third-order valence-corrected chi connectivity index (χ3v) is 3.67. The number of pyridine rings is 1. The second-order valence-electron chi connectivity index (χ2n) is 5.26. The van der Waals surface area contributed by atoms with E-state index in [9.17, 15) is 14.7 Å². The van der Waals surface area contributed by atoms with Gasteiger partial charge in [-0.05, 0) is 12.3 Å². The van der Waals surface area contributed by atoms with Gasteiger partial charge in [-0.3, -0.25) is 14.6 Å². The van der Waals surface area contributed by atoms with Gasteiger partial charge in [-0.25, -0.2) is 0 Å². The molecule has 6 heteroatoms. The average Bonchev–Trinajstić information content (AvgIpc) is 2.46. The van der Waals surface area contributed by atoms with Crippen molar-refractivity contribution in [3.63, 3.8) is 0 Å². The molecule has 21 heavy (non-hydrogen) atoms. The smallest absolute Gasteiger partial charge is 0.265 e. The molecule has 0 aromatic carbocycles. The van der Waals surface area contributed by atoms with Gasteiger partial charge in [0.25, 0.3) is 5.56 Å². The molecule has 0 spiro atoms. The predicted molar refractivity (Wildman–Crippen MR) is 79.4 cm³/mol. The van der Waals surface area contributed by atoms with Gasteiger partial charge in [-0.15, -0.1) is 0 Å². The van der Waals surface area contributed by atoms with Crippen LogP contribution >= 0.6 is 0 Å². The van der Waals surface area contributed by atoms with Gasteiger partial charge in [0.1, 0.15) is 5.56 Å². The summed E-state index contributed by atoms with van der Waals surface area (Å²) in [5, 5.41) is 10.1. The van der Waals surface area contributed by atoms with Crippen LogP contribution in [0.15, 0.2) is 4.79 Å². The topological polar surface area (TPSA) is 88.6 Å². The van der Waals surface area contributed by atoms with Crippen molar-refractivity contribution in [1.29, 1.82) is 0 Å². The van der Waals surface area contributed by atoms with Crippen LogP contribution in [0, 0.1) is 11.8 Å². The van der Waals surface area contributed by atoms with Crippen LogP contribution in [0.1, 0.15) is 44.0 Å². The third-order valence-electron chi connectivity index (χ3n) is 3.67. The van der Waals surface area contributed by atoms with Crippen molar-refractivity contribution < 1.29 is 19.4 Å². The first-order valence-corrected chi connectivity index (χ1v) is 6.98.